The van der Waals surface area contributed by atoms with E-state index in [2.05, 4.69) is 15.6 Å². The summed E-state index contributed by atoms with van der Waals surface area (Å²) in [6, 6.07) is 6.63. The monoisotopic (exact) mass is 260 g/mol. The van der Waals surface area contributed by atoms with E-state index in [1.165, 1.54) is 6.07 Å². The second kappa shape index (κ2) is 5.62. The van der Waals surface area contributed by atoms with Gasteiger partial charge in [0.15, 0.2) is 0 Å². The van der Waals surface area contributed by atoms with E-state index in [0.717, 1.165) is 35.4 Å². The van der Waals surface area contributed by atoms with Crippen molar-refractivity contribution in [3.05, 3.63) is 40.1 Å². The molecular formula is C13H16N4O2. The molecule has 0 radical (unpaired) electrons. The largest absolute Gasteiger partial charge is 0.383 e. The fourth-order valence-corrected chi connectivity index (χ4v) is 1.93. The maximum atomic E-state index is 10.8. The predicted octanol–water partition coefficient (Wildman–Crippen LogP) is 2.08. The first kappa shape index (κ1) is 13.2. The zero-order valence-corrected chi connectivity index (χ0v) is 10.9. The molecule has 0 bridgehead atoms. The van der Waals surface area contributed by atoms with Crippen LogP contribution in [0.2, 0.25) is 0 Å². The predicted molar refractivity (Wildman–Crippen MR) is 75.6 cm³/mol. The first-order chi connectivity index (χ1) is 9.11. The highest BCUT2D eigenvalue weighted by Gasteiger charge is 2.10. The highest BCUT2D eigenvalue weighted by atomic mass is 16.6. The lowest BCUT2D eigenvalue weighted by atomic mass is 10.1. The highest BCUT2D eigenvalue weighted by Crippen LogP contribution is 2.26. The Morgan fingerprint density at radius 3 is 2.79 bits per heavy atom. The van der Waals surface area contributed by atoms with Crippen molar-refractivity contribution in [1.29, 1.82) is 0 Å². The molecule has 0 fully saturated rings. The Bertz CT molecular complexity index is 613. The third-order valence-electron chi connectivity index (χ3n) is 2.82. The number of nitrogens with one attached hydrogen (secondary N) is 2. The number of anilines is 1. The number of pyridine rings is 1. The van der Waals surface area contributed by atoms with Crippen molar-refractivity contribution >= 4 is 22.3 Å². The third-order valence-corrected chi connectivity index (χ3v) is 2.82. The van der Waals surface area contributed by atoms with Gasteiger partial charge in [-0.15, -0.1) is 0 Å². The molecule has 0 amide bonds. The minimum absolute atomic E-state index is 0.0785. The van der Waals surface area contributed by atoms with E-state index in [4.69, 9.17) is 0 Å². The Labute approximate surface area is 111 Å². The van der Waals surface area contributed by atoms with Gasteiger partial charge in [0, 0.05) is 42.0 Å². The van der Waals surface area contributed by atoms with Crippen LogP contribution in [0.5, 0.6) is 0 Å². The number of nitrogens with zero attached hydrogens (tertiary/aromatic N) is 2. The van der Waals surface area contributed by atoms with Crippen LogP contribution in [-0.4, -0.2) is 30.0 Å². The van der Waals surface area contributed by atoms with Crippen LogP contribution in [0.4, 0.5) is 11.4 Å². The van der Waals surface area contributed by atoms with Crippen LogP contribution in [0, 0.1) is 17.0 Å². The lowest BCUT2D eigenvalue weighted by molar-refractivity contribution is -0.384. The number of likely N-dealkylation sites (N-methyl/N-ethyl adjacent to an activating group) is 1. The van der Waals surface area contributed by atoms with Crippen molar-refractivity contribution in [1.82, 2.24) is 10.3 Å². The van der Waals surface area contributed by atoms with Crippen LogP contribution in [0.25, 0.3) is 10.9 Å². The summed E-state index contributed by atoms with van der Waals surface area (Å²) in [6.45, 7) is 3.47. The Morgan fingerprint density at radius 2 is 2.11 bits per heavy atom. The van der Waals surface area contributed by atoms with Gasteiger partial charge >= 0.3 is 0 Å². The van der Waals surface area contributed by atoms with Crippen LogP contribution in [0.1, 0.15) is 5.69 Å². The van der Waals surface area contributed by atoms with Gasteiger partial charge in [-0.2, -0.15) is 0 Å². The van der Waals surface area contributed by atoms with Gasteiger partial charge in [-0.25, -0.2) is 0 Å². The molecule has 0 aliphatic carbocycles. The molecular weight excluding hydrogens is 244 g/mol. The summed E-state index contributed by atoms with van der Waals surface area (Å²) >= 11 is 0. The van der Waals surface area contributed by atoms with Crippen molar-refractivity contribution in [2.45, 2.75) is 6.92 Å². The third kappa shape index (κ3) is 2.97. The summed E-state index contributed by atoms with van der Waals surface area (Å²) in [6.07, 6.45) is 0. The van der Waals surface area contributed by atoms with Gasteiger partial charge in [-0.1, -0.05) is 0 Å². The first-order valence-corrected chi connectivity index (χ1v) is 6.06. The number of benzene rings is 1. The number of nitro groups is 1. The van der Waals surface area contributed by atoms with Crippen molar-refractivity contribution < 1.29 is 4.92 Å². The molecule has 2 rings (SSSR count). The molecule has 0 saturated heterocycles. The molecule has 0 spiro atoms. The average molecular weight is 260 g/mol. The average Bonchev–Trinajstić information content (AvgIpc) is 2.38. The zero-order valence-electron chi connectivity index (χ0n) is 10.9. The summed E-state index contributed by atoms with van der Waals surface area (Å²) in [5.41, 5.74) is 2.60. The fraction of sp³-hybridized carbons (Fsp3) is 0.308. The van der Waals surface area contributed by atoms with E-state index in [1.54, 1.807) is 12.1 Å². The van der Waals surface area contributed by atoms with E-state index in [-0.39, 0.29) is 5.69 Å². The van der Waals surface area contributed by atoms with E-state index in [0.29, 0.717) is 0 Å². The SMILES string of the molecule is CNCCNc1cc(C)nc2ccc([N+](=O)[O-])cc12. The Kier molecular flexibility index (Phi) is 3.91. The Morgan fingerprint density at radius 1 is 1.32 bits per heavy atom. The summed E-state index contributed by atoms with van der Waals surface area (Å²) in [4.78, 5) is 14.8. The van der Waals surface area contributed by atoms with Crippen molar-refractivity contribution in [3.63, 3.8) is 0 Å². The van der Waals surface area contributed by atoms with Gasteiger partial charge in [0.2, 0.25) is 0 Å². The maximum absolute atomic E-state index is 10.8. The van der Waals surface area contributed by atoms with Crippen molar-refractivity contribution in [2.75, 3.05) is 25.5 Å². The molecule has 0 atom stereocenters. The molecule has 1 aromatic carbocycles. The van der Waals surface area contributed by atoms with Crippen LogP contribution in [-0.2, 0) is 0 Å². The lowest BCUT2D eigenvalue weighted by Gasteiger charge is -2.10. The van der Waals surface area contributed by atoms with Crippen LogP contribution < -0.4 is 10.6 Å². The van der Waals surface area contributed by atoms with E-state index in [1.807, 2.05) is 20.0 Å². The fourth-order valence-electron chi connectivity index (χ4n) is 1.93. The molecule has 1 heterocycles. The molecule has 0 aliphatic heterocycles. The second-order valence-corrected chi connectivity index (χ2v) is 4.30. The standard InChI is InChI=1S/C13H16N4O2/c1-9-7-13(15-6-5-14-2)11-8-10(17(18)19)3-4-12(11)16-9/h3-4,7-8,14H,5-6H2,1-2H3,(H,15,16). The molecule has 100 valence electrons. The van der Waals surface area contributed by atoms with Crippen molar-refractivity contribution in [3.8, 4) is 0 Å². The summed E-state index contributed by atoms with van der Waals surface area (Å²) in [7, 11) is 1.88. The molecule has 1 aromatic heterocycles. The number of fused-ring (bicyclic) bond motifs is 1. The van der Waals surface area contributed by atoms with E-state index >= 15 is 0 Å². The number of nitro benzene ring substituents is 1. The highest BCUT2D eigenvalue weighted by molar-refractivity contribution is 5.93. The summed E-state index contributed by atoms with van der Waals surface area (Å²) in [5.74, 6) is 0. The maximum Gasteiger partial charge on any atom is 0.270 e. The lowest BCUT2D eigenvalue weighted by Crippen LogP contribution is -2.17. The minimum atomic E-state index is -0.392. The van der Waals surface area contributed by atoms with Crippen molar-refractivity contribution in [2.24, 2.45) is 0 Å². The summed E-state index contributed by atoms with van der Waals surface area (Å²) in [5, 5.41) is 17.9. The number of rotatable bonds is 5. The first-order valence-electron chi connectivity index (χ1n) is 6.06. The zero-order chi connectivity index (χ0) is 13.8. The van der Waals surface area contributed by atoms with Crippen LogP contribution >= 0.6 is 0 Å². The Hall–Kier alpha value is -2.21. The minimum Gasteiger partial charge on any atom is -0.383 e. The molecule has 2 N–H and O–H groups in total. The molecule has 0 aliphatic rings. The quantitative estimate of drug-likeness (QED) is 0.489. The van der Waals surface area contributed by atoms with Crippen LogP contribution in [0.3, 0.4) is 0 Å². The number of hydrogen-bond acceptors (Lipinski definition) is 5. The number of hydrogen-bond donors (Lipinski definition) is 2. The molecule has 0 saturated carbocycles. The van der Waals surface area contributed by atoms with E-state index in [9.17, 15) is 10.1 Å². The second-order valence-electron chi connectivity index (χ2n) is 4.30. The Balaban J connectivity index is 2.46. The molecule has 6 nitrogen and oxygen atoms in total. The number of aromatic nitrogens is 1. The van der Waals surface area contributed by atoms with Gasteiger partial charge in [0.25, 0.3) is 5.69 Å². The number of aryl methyl sites for hydroxylation is 1. The molecule has 0 unspecified atom stereocenters. The van der Waals surface area contributed by atoms with Gasteiger partial charge in [-0.3, -0.25) is 15.1 Å². The topological polar surface area (TPSA) is 80.1 Å². The number of non-ortho nitro benzene ring substituents is 1. The van der Waals surface area contributed by atoms with Gasteiger partial charge in [-0.05, 0) is 26.1 Å². The van der Waals surface area contributed by atoms with E-state index < -0.39 is 4.92 Å². The van der Waals surface area contributed by atoms with Gasteiger partial charge in [0.05, 0.1) is 10.4 Å². The smallest absolute Gasteiger partial charge is 0.270 e. The normalized spacial score (nSPS) is 10.6. The summed E-state index contributed by atoms with van der Waals surface area (Å²) < 4.78 is 0. The molecule has 19 heavy (non-hydrogen) atoms. The van der Waals surface area contributed by atoms with Crippen LogP contribution in [0.15, 0.2) is 24.3 Å². The van der Waals surface area contributed by atoms with Gasteiger partial charge < -0.3 is 10.6 Å². The van der Waals surface area contributed by atoms with Gasteiger partial charge in [0.1, 0.15) is 0 Å². The molecule has 2 aromatic rings. The molecule has 6 heteroatoms.